The van der Waals surface area contributed by atoms with Crippen LogP contribution in [0.25, 0.3) is 0 Å². The van der Waals surface area contributed by atoms with E-state index in [1.54, 1.807) is 29.2 Å². The second-order valence-electron chi connectivity index (χ2n) is 5.30. The molecule has 0 aromatic heterocycles. The molecule has 0 fully saturated rings. The molecule has 0 aliphatic carbocycles. The van der Waals surface area contributed by atoms with Crippen LogP contribution in [0.4, 0.5) is 10.5 Å². The van der Waals surface area contributed by atoms with Crippen molar-refractivity contribution in [3.8, 4) is 5.75 Å². The second-order valence-corrected chi connectivity index (χ2v) is 5.30. The molecule has 5 heteroatoms. The SMILES string of the molecule is O=C(NCCN1C(=O)CCc2ccccc21)Oc1ccccc1. The van der Waals surface area contributed by atoms with E-state index in [1.165, 1.54) is 5.56 Å². The minimum Gasteiger partial charge on any atom is -0.410 e. The van der Waals surface area contributed by atoms with Crippen molar-refractivity contribution in [1.29, 1.82) is 0 Å². The van der Waals surface area contributed by atoms with Crippen LogP contribution in [0.15, 0.2) is 54.6 Å². The molecule has 0 unspecified atom stereocenters. The number of hydrogen-bond acceptors (Lipinski definition) is 3. The van der Waals surface area contributed by atoms with Crippen LogP contribution in [0.1, 0.15) is 12.0 Å². The van der Waals surface area contributed by atoms with Gasteiger partial charge in [0.25, 0.3) is 0 Å². The van der Waals surface area contributed by atoms with Crippen LogP contribution < -0.4 is 15.0 Å². The zero-order valence-electron chi connectivity index (χ0n) is 12.7. The molecule has 0 radical (unpaired) electrons. The van der Waals surface area contributed by atoms with Gasteiger partial charge in [0.15, 0.2) is 0 Å². The van der Waals surface area contributed by atoms with Gasteiger partial charge in [-0.05, 0) is 30.2 Å². The highest BCUT2D eigenvalue weighted by Crippen LogP contribution is 2.26. The normalized spacial score (nSPS) is 13.4. The minimum absolute atomic E-state index is 0.0851. The Balaban J connectivity index is 1.54. The molecule has 2 aromatic rings. The first-order chi connectivity index (χ1) is 11.2. The lowest BCUT2D eigenvalue weighted by molar-refractivity contribution is -0.118. The van der Waals surface area contributed by atoms with Crippen molar-refractivity contribution < 1.29 is 14.3 Å². The van der Waals surface area contributed by atoms with Crippen molar-refractivity contribution in [1.82, 2.24) is 5.32 Å². The first kappa shape index (κ1) is 15.1. The summed E-state index contributed by atoms with van der Waals surface area (Å²) < 4.78 is 5.15. The van der Waals surface area contributed by atoms with Gasteiger partial charge in [0, 0.05) is 25.2 Å². The average Bonchev–Trinajstić information content (AvgIpc) is 2.58. The van der Waals surface area contributed by atoms with Crippen molar-refractivity contribution in [2.75, 3.05) is 18.0 Å². The van der Waals surface area contributed by atoms with Crippen LogP contribution in [0.3, 0.4) is 0 Å². The Kier molecular flexibility index (Phi) is 4.57. The number of nitrogens with one attached hydrogen (secondary N) is 1. The third kappa shape index (κ3) is 3.69. The second kappa shape index (κ2) is 6.96. The lowest BCUT2D eigenvalue weighted by atomic mass is 10.0. The number of hydrogen-bond donors (Lipinski definition) is 1. The summed E-state index contributed by atoms with van der Waals surface area (Å²) in [6.45, 7) is 0.769. The number of carbonyl (C=O) groups is 2. The maximum Gasteiger partial charge on any atom is 0.412 e. The average molecular weight is 310 g/mol. The minimum atomic E-state index is -0.519. The number of carbonyl (C=O) groups excluding carboxylic acids is 2. The molecule has 1 aliphatic rings. The van der Waals surface area contributed by atoms with Gasteiger partial charge in [-0.1, -0.05) is 36.4 Å². The molecule has 118 valence electrons. The summed E-state index contributed by atoms with van der Waals surface area (Å²) in [4.78, 5) is 25.6. The summed E-state index contributed by atoms with van der Waals surface area (Å²) in [5, 5.41) is 2.67. The molecule has 1 heterocycles. The zero-order chi connectivity index (χ0) is 16.1. The van der Waals surface area contributed by atoms with Gasteiger partial charge in [-0.2, -0.15) is 0 Å². The smallest absolute Gasteiger partial charge is 0.410 e. The van der Waals surface area contributed by atoms with Crippen LogP contribution >= 0.6 is 0 Å². The number of para-hydroxylation sites is 2. The van der Waals surface area contributed by atoms with Gasteiger partial charge in [0.2, 0.25) is 5.91 Å². The summed E-state index contributed by atoms with van der Waals surface area (Å²) in [5.74, 6) is 0.575. The number of amides is 2. The monoisotopic (exact) mass is 310 g/mol. The molecule has 1 aliphatic heterocycles. The summed E-state index contributed by atoms with van der Waals surface area (Å²) in [6.07, 6.45) is 0.759. The standard InChI is InChI=1S/C18H18N2O3/c21-17-11-10-14-6-4-5-9-16(14)20(17)13-12-19-18(22)23-15-7-2-1-3-8-15/h1-9H,10-13H2,(H,19,22). The molecule has 2 amide bonds. The Labute approximate surface area is 134 Å². The van der Waals surface area contributed by atoms with Crippen molar-refractivity contribution in [2.24, 2.45) is 0 Å². The van der Waals surface area contributed by atoms with E-state index in [-0.39, 0.29) is 5.91 Å². The number of benzene rings is 2. The van der Waals surface area contributed by atoms with Crippen LogP contribution in [0, 0.1) is 0 Å². The van der Waals surface area contributed by atoms with Gasteiger partial charge in [0.1, 0.15) is 5.75 Å². The van der Waals surface area contributed by atoms with Crippen LogP contribution in [-0.2, 0) is 11.2 Å². The zero-order valence-corrected chi connectivity index (χ0v) is 12.7. The number of fused-ring (bicyclic) bond motifs is 1. The molecule has 0 saturated carbocycles. The highest BCUT2D eigenvalue weighted by atomic mass is 16.6. The van der Waals surface area contributed by atoms with Gasteiger partial charge in [-0.15, -0.1) is 0 Å². The molecule has 0 spiro atoms. The van der Waals surface area contributed by atoms with Crippen molar-refractivity contribution in [3.05, 3.63) is 60.2 Å². The molecule has 1 N–H and O–H groups in total. The first-order valence-corrected chi connectivity index (χ1v) is 7.63. The molecule has 2 aromatic carbocycles. The molecule has 5 nitrogen and oxygen atoms in total. The van der Waals surface area contributed by atoms with Crippen LogP contribution in [-0.4, -0.2) is 25.1 Å². The van der Waals surface area contributed by atoms with Crippen molar-refractivity contribution in [2.45, 2.75) is 12.8 Å². The maximum absolute atomic E-state index is 12.1. The molecular weight excluding hydrogens is 292 g/mol. The van der Waals surface area contributed by atoms with E-state index in [9.17, 15) is 9.59 Å². The Morgan fingerprint density at radius 1 is 1.04 bits per heavy atom. The summed E-state index contributed by atoms with van der Waals surface area (Å²) in [7, 11) is 0. The van der Waals surface area contributed by atoms with E-state index in [1.807, 2.05) is 30.3 Å². The lowest BCUT2D eigenvalue weighted by Gasteiger charge is -2.29. The quantitative estimate of drug-likeness (QED) is 0.944. The highest BCUT2D eigenvalue weighted by molar-refractivity contribution is 5.96. The van der Waals surface area contributed by atoms with Gasteiger partial charge in [-0.25, -0.2) is 4.79 Å². The topological polar surface area (TPSA) is 58.6 Å². The Hall–Kier alpha value is -2.82. The maximum atomic E-state index is 12.1. The number of anilines is 1. The van der Waals surface area contributed by atoms with Crippen LogP contribution in [0.5, 0.6) is 5.75 Å². The van der Waals surface area contributed by atoms with Gasteiger partial charge < -0.3 is 15.0 Å². The summed E-state index contributed by atoms with van der Waals surface area (Å²) in [5.41, 5.74) is 2.10. The molecule has 23 heavy (non-hydrogen) atoms. The Morgan fingerprint density at radius 2 is 1.78 bits per heavy atom. The van der Waals surface area contributed by atoms with E-state index in [4.69, 9.17) is 4.74 Å². The molecular formula is C18H18N2O3. The Morgan fingerprint density at radius 3 is 2.61 bits per heavy atom. The van der Waals surface area contributed by atoms with E-state index in [2.05, 4.69) is 5.32 Å². The lowest BCUT2D eigenvalue weighted by Crippen LogP contribution is -2.41. The van der Waals surface area contributed by atoms with Crippen molar-refractivity contribution >= 4 is 17.7 Å². The summed E-state index contributed by atoms with van der Waals surface area (Å²) in [6, 6.07) is 16.7. The van der Waals surface area contributed by atoms with Gasteiger partial charge >= 0.3 is 6.09 Å². The number of nitrogens with zero attached hydrogens (tertiary/aromatic N) is 1. The number of rotatable bonds is 4. The van der Waals surface area contributed by atoms with E-state index >= 15 is 0 Å². The highest BCUT2D eigenvalue weighted by Gasteiger charge is 2.23. The Bertz CT molecular complexity index is 700. The fourth-order valence-electron chi connectivity index (χ4n) is 2.64. The molecule has 3 rings (SSSR count). The first-order valence-electron chi connectivity index (χ1n) is 7.63. The predicted molar refractivity (Wildman–Crippen MR) is 87.6 cm³/mol. The largest absolute Gasteiger partial charge is 0.412 e. The van der Waals surface area contributed by atoms with Crippen molar-refractivity contribution in [3.63, 3.8) is 0 Å². The number of aryl methyl sites for hydroxylation is 1. The van der Waals surface area contributed by atoms with E-state index in [0.717, 1.165) is 12.1 Å². The molecule has 0 atom stereocenters. The predicted octanol–water partition coefficient (Wildman–Crippen LogP) is 2.75. The molecule has 0 bridgehead atoms. The van der Waals surface area contributed by atoms with Gasteiger partial charge in [0.05, 0.1) is 0 Å². The third-order valence-electron chi connectivity index (χ3n) is 3.75. The fourth-order valence-corrected chi connectivity index (χ4v) is 2.64. The van der Waals surface area contributed by atoms with Gasteiger partial charge in [-0.3, -0.25) is 4.79 Å². The number of ether oxygens (including phenoxy) is 1. The van der Waals surface area contributed by atoms with E-state index < -0.39 is 6.09 Å². The van der Waals surface area contributed by atoms with Crippen LogP contribution in [0.2, 0.25) is 0 Å². The fraction of sp³-hybridized carbons (Fsp3) is 0.222. The molecule has 0 saturated heterocycles. The summed E-state index contributed by atoms with van der Waals surface area (Å²) >= 11 is 0. The third-order valence-corrected chi connectivity index (χ3v) is 3.75. The van der Waals surface area contributed by atoms with E-state index in [0.29, 0.717) is 25.3 Å².